The van der Waals surface area contributed by atoms with Crippen molar-refractivity contribution < 1.29 is 14.8 Å². The quantitative estimate of drug-likeness (QED) is 0.494. The fourth-order valence-corrected chi connectivity index (χ4v) is 4.02. The highest BCUT2D eigenvalue weighted by Crippen LogP contribution is 2.48. The van der Waals surface area contributed by atoms with E-state index in [0.29, 0.717) is 17.4 Å². The highest BCUT2D eigenvalue weighted by atomic mass is 16.6. The van der Waals surface area contributed by atoms with Gasteiger partial charge in [0.2, 0.25) is 5.91 Å². The second-order valence-electron chi connectivity index (χ2n) is 6.40. The highest BCUT2D eigenvalue weighted by molar-refractivity contribution is 5.92. The Morgan fingerprint density at radius 2 is 2.17 bits per heavy atom. The number of hydrogen-bond acceptors (Lipinski definition) is 4. The number of aliphatic hydroxyl groups excluding tert-OH is 1. The van der Waals surface area contributed by atoms with Crippen molar-refractivity contribution in [1.29, 1.82) is 0 Å². The smallest absolute Gasteiger partial charge is 0.270 e. The summed E-state index contributed by atoms with van der Waals surface area (Å²) in [7, 11) is 0. The Hall–Kier alpha value is -2.21. The predicted octanol–water partition coefficient (Wildman–Crippen LogP) is 2.13. The normalized spacial score (nSPS) is 29.1. The molecule has 2 aliphatic carbocycles. The fourth-order valence-electron chi connectivity index (χ4n) is 4.02. The van der Waals surface area contributed by atoms with E-state index in [0.717, 1.165) is 19.3 Å². The molecule has 6 heteroatoms. The Balaban J connectivity index is 1.63. The van der Waals surface area contributed by atoms with Crippen LogP contribution in [-0.2, 0) is 4.79 Å². The van der Waals surface area contributed by atoms with Crippen LogP contribution >= 0.6 is 0 Å². The molecule has 2 N–H and O–H groups in total. The van der Waals surface area contributed by atoms with E-state index in [-0.39, 0.29) is 30.2 Å². The average molecular weight is 316 g/mol. The molecule has 2 aliphatic rings. The van der Waals surface area contributed by atoms with Crippen LogP contribution in [0.3, 0.4) is 0 Å². The monoisotopic (exact) mass is 316 g/mol. The van der Waals surface area contributed by atoms with Crippen LogP contribution in [0.2, 0.25) is 0 Å². The number of non-ortho nitro benzene ring substituents is 1. The van der Waals surface area contributed by atoms with Crippen molar-refractivity contribution in [2.24, 2.45) is 17.8 Å². The molecule has 1 amide bonds. The van der Waals surface area contributed by atoms with Crippen LogP contribution in [0.5, 0.6) is 0 Å². The van der Waals surface area contributed by atoms with Crippen molar-refractivity contribution in [1.82, 2.24) is 5.32 Å². The van der Waals surface area contributed by atoms with E-state index in [4.69, 9.17) is 0 Å². The summed E-state index contributed by atoms with van der Waals surface area (Å²) >= 11 is 0. The third-order valence-electron chi connectivity index (χ3n) is 5.12. The Morgan fingerprint density at radius 3 is 2.91 bits per heavy atom. The predicted molar refractivity (Wildman–Crippen MR) is 85.5 cm³/mol. The number of aliphatic hydroxyl groups is 1. The SMILES string of the molecule is O=C(/C=C/c1cccc([N+](=O)[O-])c1)NC1C2CCC(C2)C1CO. The molecule has 0 spiro atoms. The molecule has 4 unspecified atom stereocenters. The number of rotatable bonds is 5. The number of nitro benzene ring substituents is 1. The summed E-state index contributed by atoms with van der Waals surface area (Å²) in [5, 5.41) is 23.3. The van der Waals surface area contributed by atoms with Crippen molar-refractivity contribution >= 4 is 17.7 Å². The number of nitro groups is 1. The van der Waals surface area contributed by atoms with Gasteiger partial charge < -0.3 is 10.4 Å². The maximum absolute atomic E-state index is 12.1. The molecule has 0 heterocycles. The standard InChI is InChI=1S/C17H20N2O4/c20-10-15-12-5-6-13(9-12)17(15)18-16(21)7-4-11-2-1-3-14(8-11)19(22)23/h1-4,7-8,12-13,15,17,20H,5-6,9-10H2,(H,18,21)/b7-4+. The lowest BCUT2D eigenvalue weighted by Crippen LogP contribution is -2.44. The van der Waals surface area contributed by atoms with Crippen LogP contribution in [0.15, 0.2) is 30.3 Å². The molecular formula is C17H20N2O4. The highest BCUT2D eigenvalue weighted by Gasteiger charge is 2.47. The van der Waals surface area contributed by atoms with Gasteiger partial charge in [0.15, 0.2) is 0 Å². The summed E-state index contributed by atoms with van der Waals surface area (Å²) < 4.78 is 0. The number of nitrogens with zero attached hydrogens (tertiary/aromatic N) is 1. The molecule has 0 aromatic heterocycles. The lowest BCUT2D eigenvalue weighted by atomic mass is 9.85. The average Bonchev–Trinajstić information content (AvgIpc) is 3.14. The third kappa shape index (κ3) is 3.27. The summed E-state index contributed by atoms with van der Waals surface area (Å²) in [6.45, 7) is 0.112. The summed E-state index contributed by atoms with van der Waals surface area (Å²) in [5.41, 5.74) is 0.613. The second kappa shape index (κ2) is 6.50. The minimum atomic E-state index is -0.460. The van der Waals surface area contributed by atoms with Crippen molar-refractivity contribution in [2.45, 2.75) is 25.3 Å². The molecule has 1 aromatic rings. The van der Waals surface area contributed by atoms with Gasteiger partial charge in [-0.25, -0.2) is 0 Å². The van der Waals surface area contributed by atoms with Crippen LogP contribution in [-0.4, -0.2) is 28.6 Å². The van der Waals surface area contributed by atoms with E-state index in [1.807, 2.05) is 0 Å². The van der Waals surface area contributed by atoms with Crippen molar-refractivity contribution in [2.75, 3.05) is 6.61 Å². The largest absolute Gasteiger partial charge is 0.396 e. The molecule has 0 radical (unpaired) electrons. The minimum Gasteiger partial charge on any atom is -0.396 e. The van der Waals surface area contributed by atoms with Crippen LogP contribution in [0, 0.1) is 27.9 Å². The second-order valence-corrected chi connectivity index (χ2v) is 6.40. The van der Waals surface area contributed by atoms with Gasteiger partial charge in [0.25, 0.3) is 5.69 Å². The zero-order valence-electron chi connectivity index (χ0n) is 12.7. The summed E-state index contributed by atoms with van der Waals surface area (Å²) in [4.78, 5) is 22.4. The zero-order chi connectivity index (χ0) is 16.4. The van der Waals surface area contributed by atoms with Gasteiger partial charge in [-0.2, -0.15) is 0 Å². The van der Waals surface area contributed by atoms with Crippen molar-refractivity contribution in [3.8, 4) is 0 Å². The summed E-state index contributed by atoms with van der Waals surface area (Å²) in [5.74, 6) is 0.930. The first kappa shape index (κ1) is 15.7. The molecule has 0 saturated heterocycles. The van der Waals surface area contributed by atoms with E-state index >= 15 is 0 Å². The molecule has 2 saturated carbocycles. The van der Waals surface area contributed by atoms with E-state index < -0.39 is 4.92 Å². The van der Waals surface area contributed by atoms with Crippen molar-refractivity contribution in [3.63, 3.8) is 0 Å². The Labute approximate surface area is 134 Å². The van der Waals surface area contributed by atoms with E-state index in [1.165, 1.54) is 18.2 Å². The lowest BCUT2D eigenvalue weighted by Gasteiger charge is -2.30. The van der Waals surface area contributed by atoms with Gasteiger partial charge in [-0.15, -0.1) is 0 Å². The van der Waals surface area contributed by atoms with Crippen LogP contribution < -0.4 is 5.32 Å². The first-order valence-corrected chi connectivity index (χ1v) is 7.92. The molecule has 3 rings (SSSR count). The summed E-state index contributed by atoms with van der Waals surface area (Å²) in [6, 6.07) is 6.19. The molecule has 6 nitrogen and oxygen atoms in total. The van der Waals surface area contributed by atoms with Gasteiger partial charge >= 0.3 is 0 Å². The van der Waals surface area contributed by atoms with Gasteiger partial charge in [-0.05, 0) is 42.7 Å². The first-order valence-electron chi connectivity index (χ1n) is 7.92. The molecule has 2 fully saturated rings. The number of benzene rings is 1. The first-order chi connectivity index (χ1) is 11.1. The van der Waals surface area contributed by atoms with Gasteiger partial charge in [-0.1, -0.05) is 12.1 Å². The zero-order valence-corrected chi connectivity index (χ0v) is 12.7. The number of hydrogen-bond donors (Lipinski definition) is 2. The van der Waals surface area contributed by atoms with Crippen molar-refractivity contribution in [3.05, 3.63) is 46.0 Å². The number of fused-ring (bicyclic) bond motifs is 2. The fraction of sp³-hybridized carbons (Fsp3) is 0.471. The summed E-state index contributed by atoms with van der Waals surface area (Å²) in [6.07, 6.45) is 6.32. The molecule has 0 aliphatic heterocycles. The molecular weight excluding hydrogens is 296 g/mol. The third-order valence-corrected chi connectivity index (χ3v) is 5.12. The molecule has 23 heavy (non-hydrogen) atoms. The number of carbonyl (C=O) groups excluding carboxylic acids is 1. The van der Waals surface area contributed by atoms with Gasteiger partial charge in [0.1, 0.15) is 0 Å². The minimum absolute atomic E-state index is 0.000931. The van der Waals surface area contributed by atoms with E-state index in [9.17, 15) is 20.0 Å². The molecule has 2 bridgehead atoms. The number of amides is 1. The number of nitrogens with one attached hydrogen (secondary N) is 1. The Morgan fingerprint density at radius 1 is 1.39 bits per heavy atom. The molecule has 122 valence electrons. The maximum atomic E-state index is 12.1. The van der Waals surface area contributed by atoms with E-state index in [1.54, 1.807) is 18.2 Å². The Bertz CT molecular complexity index is 643. The van der Waals surface area contributed by atoms with Crippen LogP contribution in [0.1, 0.15) is 24.8 Å². The topological polar surface area (TPSA) is 92.5 Å². The number of carbonyl (C=O) groups is 1. The lowest BCUT2D eigenvalue weighted by molar-refractivity contribution is -0.384. The Kier molecular flexibility index (Phi) is 4.43. The van der Waals surface area contributed by atoms with Crippen LogP contribution in [0.4, 0.5) is 5.69 Å². The van der Waals surface area contributed by atoms with Gasteiger partial charge in [0, 0.05) is 36.8 Å². The van der Waals surface area contributed by atoms with Gasteiger partial charge in [-0.3, -0.25) is 14.9 Å². The van der Waals surface area contributed by atoms with Crippen LogP contribution in [0.25, 0.3) is 6.08 Å². The molecule has 4 atom stereocenters. The molecule has 1 aromatic carbocycles. The maximum Gasteiger partial charge on any atom is 0.270 e. The van der Waals surface area contributed by atoms with Gasteiger partial charge in [0.05, 0.1) is 4.92 Å². The van der Waals surface area contributed by atoms with E-state index in [2.05, 4.69) is 5.32 Å².